The molecule has 112 valence electrons. The maximum atomic E-state index is 10.9. The van der Waals surface area contributed by atoms with Gasteiger partial charge in [0.05, 0.1) is 12.2 Å². The van der Waals surface area contributed by atoms with Crippen molar-refractivity contribution in [2.75, 3.05) is 0 Å². The Kier molecular flexibility index (Phi) is 3.71. The van der Waals surface area contributed by atoms with Crippen LogP contribution < -0.4 is 5.48 Å². The average molecular weight is 297 g/mol. The number of carbonyl (C=O) groups excluding carboxylic acids is 1. The van der Waals surface area contributed by atoms with Gasteiger partial charge in [0.1, 0.15) is 5.69 Å². The molecule has 0 aliphatic carbocycles. The summed E-state index contributed by atoms with van der Waals surface area (Å²) >= 11 is 0. The van der Waals surface area contributed by atoms with Crippen LogP contribution in [0.15, 0.2) is 42.6 Å². The van der Waals surface area contributed by atoms with E-state index in [1.165, 1.54) is 17.6 Å². The molecule has 0 spiro atoms. The first-order chi connectivity index (χ1) is 10.7. The van der Waals surface area contributed by atoms with Crippen LogP contribution in [0.1, 0.15) is 24.4 Å². The number of nitrogens with one attached hydrogen (secondary N) is 2. The van der Waals surface area contributed by atoms with Crippen LogP contribution in [0.4, 0.5) is 0 Å². The molecule has 7 heteroatoms. The van der Waals surface area contributed by atoms with Crippen LogP contribution in [0.5, 0.6) is 0 Å². The van der Waals surface area contributed by atoms with E-state index in [-0.39, 0.29) is 6.04 Å². The van der Waals surface area contributed by atoms with Crippen molar-refractivity contribution in [1.82, 2.24) is 25.5 Å². The fourth-order valence-corrected chi connectivity index (χ4v) is 2.22. The van der Waals surface area contributed by atoms with Gasteiger partial charge >= 0.3 is 0 Å². The van der Waals surface area contributed by atoms with Crippen molar-refractivity contribution in [3.8, 4) is 0 Å². The van der Waals surface area contributed by atoms with Gasteiger partial charge in [-0.25, -0.2) is 10.2 Å². The number of benzene rings is 1. The zero-order valence-electron chi connectivity index (χ0n) is 11.9. The molecule has 3 rings (SSSR count). The summed E-state index contributed by atoms with van der Waals surface area (Å²) in [5.41, 5.74) is 4.15. The molecule has 0 radical (unpaired) electrons. The Morgan fingerprint density at radius 3 is 3.05 bits per heavy atom. The first-order valence-electron chi connectivity index (χ1n) is 6.79. The van der Waals surface area contributed by atoms with E-state index < -0.39 is 5.91 Å². The molecular formula is C15H15N5O2. The molecule has 0 aliphatic heterocycles. The highest BCUT2D eigenvalue weighted by Gasteiger charge is 2.12. The summed E-state index contributed by atoms with van der Waals surface area (Å²) in [6.45, 7) is 2.01. The molecule has 1 aromatic carbocycles. The number of amides is 1. The largest absolute Gasteiger partial charge is 0.357 e. The standard InChI is InChI=1S/C15H15N5O2/c1-10(14-8-11-4-2-3-5-13(11)16-14)20-9-12(17-19-20)6-7-15(21)18-22/h2-10,16,22H,1H3,(H,18,21). The van der Waals surface area contributed by atoms with E-state index in [4.69, 9.17) is 5.21 Å². The second-order valence-corrected chi connectivity index (χ2v) is 4.92. The minimum atomic E-state index is -0.613. The van der Waals surface area contributed by atoms with Gasteiger partial charge in [-0.2, -0.15) is 0 Å². The number of hydroxylamine groups is 1. The van der Waals surface area contributed by atoms with E-state index in [1.807, 2.05) is 31.2 Å². The molecule has 0 bridgehead atoms. The molecule has 2 heterocycles. The Morgan fingerprint density at radius 1 is 1.45 bits per heavy atom. The monoisotopic (exact) mass is 297 g/mol. The Balaban J connectivity index is 1.83. The van der Waals surface area contributed by atoms with Crippen molar-refractivity contribution in [3.05, 3.63) is 54.0 Å². The number of rotatable bonds is 4. The van der Waals surface area contributed by atoms with Gasteiger partial charge in [-0.05, 0) is 30.5 Å². The van der Waals surface area contributed by atoms with Gasteiger partial charge in [-0.3, -0.25) is 10.0 Å². The van der Waals surface area contributed by atoms with Crippen LogP contribution in [0.25, 0.3) is 17.0 Å². The molecule has 0 aliphatic rings. The summed E-state index contributed by atoms with van der Waals surface area (Å²) in [5.74, 6) is -0.613. The number of H-pyrrole nitrogens is 1. The zero-order chi connectivity index (χ0) is 15.5. The van der Waals surface area contributed by atoms with E-state index >= 15 is 0 Å². The second kappa shape index (κ2) is 5.82. The SMILES string of the molecule is CC(c1cc2ccccc2[nH]1)n1cc(C=CC(=O)NO)nn1. The topological polar surface area (TPSA) is 95.8 Å². The number of aromatic amines is 1. The van der Waals surface area contributed by atoms with Gasteiger partial charge < -0.3 is 4.98 Å². The maximum Gasteiger partial charge on any atom is 0.267 e. The highest BCUT2D eigenvalue weighted by atomic mass is 16.5. The summed E-state index contributed by atoms with van der Waals surface area (Å²) in [6, 6.07) is 10.1. The van der Waals surface area contributed by atoms with Gasteiger partial charge in [0.2, 0.25) is 0 Å². The van der Waals surface area contributed by atoms with Gasteiger partial charge in [0.15, 0.2) is 0 Å². The lowest BCUT2D eigenvalue weighted by Gasteiger charge is -2.08. The van der Waals surface area contributed by atoms with E-state index in [2.05, 4.69) is 21.4 Å². The second-order valence-electron chi connectivity index (χ2n) is 4.92. The number of carbonyl (C=O) groups is 1. The smallest absolute Gasteiger partial charge is 0.267 e. The third kappa shape index (κ3) is 2.75. The van der Waals surface area contributed by atoms with E-state index in [0.29, 0.717) is 5.69 Å². The number of hydrogen-bond donors (Lipinski definition) is 3. The molecular weight excluding hydrogens is 282 g/mol. The molecule has 3 N–H and O–H groups in total. The van der Waals surface area contributed by atoms with E-state index in [9.17, 15) is 4.79 Å². The third-order valence-corrected chi connectivity index (χ3v) is 3.44. The van der Waals surface area contributed by atoms with Crippen LogP contribution in [-0.4, -0.2) is 31.1 Å². The highest BCUT2D eigenvalue weighted by Crippen LogP contribution is 2.22. The lowest BCUT2D eigenvalue weighted by atomic mass is 10.2. The normalized spacial score (nSPS) is 12.8. The first-order valence-corrected chi connectivity index (χ1v) is 6.79. The summed E-state index contributed by atoms with van der Waals surface area (Å²) in [6.07, 6.45) is 4.40. The summed E-state index contributed by atoms with van der Waals surface area (Å²) < 4.78 is 1.71. The Morgan fingerprint density at radius 2 is 2.27 bits per heavy atom. The first kappa shape index (κ1) is 14.0. The summed E-state index contributed by atoms with van der Waals surface area (Å²) in [5, 5.41) is 17.6. The molecule has 0 saturated heterocycles. The summed E-state index contributed by atoms with van der Waals surface area (Å²) in [4.78, 5) is 14.3. The zero-order valence-corrected chi connectivity index (χ0v) is 11.9. The molecule has 1 atom stereocenters. The molecule has 0 saturated carbocycles. The average Bonchev–Trinajstić information content (AvgIpc) is 3.18. The number of aromatic nitrogens is 4. The lowest BCUT2D eigenvalue weighted by molar-refractivity contribution is -0.124. The molecule has 7 nitrogen and oxygen atoms in total. The van der Waals surface area contributed by atoms with Gasteiger partial charge in [-0.1, -0.05) is 23.4 Å². The molecule has 0 fully saturated rings. The van der Waals surface area contributed by atoms with Crippen LogP contribution >= 0.6 is 0 Å². The van der Waals surface area contributed by atoms with Gasteiger partial charge in [-0.15, -0.1) is 5.10 Å². The van der Waals surface area contributed by atoms with Crippen LogP contribution in [0, 0.1) is 0 Å². The van der Waals surface area contributed by atoms with Crippen molar-refractivity contribution in [3.63, 3.8) is 0 Å². The van der Waals surface area contributed by atoms with Crippen molar-refractivity contribution < 1.29 is 10.0 Å². The molecule has 3 aromatic rings. The Hall–Kier alpha value is -2.93. The number of hydrogen-bond acceptors (Lipinski definition) is 4. The molecule has 22 heavy (non-hydrogen) atoms. The predicted octanol–water partition coefficient (Wildman–Crippen LogP) is 1.89. The summed E-state index contributed by atoms with van der Waals surface area (Å²) in [7, 11) is 0. The molecule has 1 unspecified atom stereocenters. The minimum Gasteiger partial charge on any atom is -0.357 e. The fourth-order valence-electron chi connectivity index (χ4n) is 2.22. The van der Waals surface area contributed by atoms with E-state index in [1.54, 1.807) is 10.9 Å². The predicted molar refractivity (Wildman–Crippen MR) is 81.1 cm³/mol. The van der Waals surface area contributed by atoms with E-state index in [0.717, 1.165) is 16.6 Å². The van der Waals surface area contributed by atoms with Crippen LogP contribution in [0.3, 0.4) is 0 Å². The third-order valence-electron chi connectivity index (χ3n) is 3.44. The van der Waals surface area contributed by atoms with Crippen molar-refractivity contribution in [1.29, 1.82) is 0 Å². The number of fused-ring (bicyclic) bond motifs is 1. The molecule has 2 aromatic heterocycles. The minimum absolute atomic E-state index is 0.0197. The van der Waals surface area contributed by atoms with Gasteiger partial charge in [0.25, 0.3) is 5.91 Å². The highest BCUT2D eigenvalue weighted by molar-refractivity contribution is 5.90. The number of para-hydroxylation sites is 1. The van der Waals surface area contributed by atoms with Crippen molar-refractivity contribution in [2.45, 2.75) is 13.0 Å². The quantitative estimate of drug-likeness (QED) is 0.389. The maximum absolute atomic E-state index is 10.9. The number of nitrogens with zero attached hydrogens (tertiary/aromatic N) is 3. The van der Waals surface area contributed by atoms with Crippen molar-refractivity contribution in [2.24, 2.45) is 0 Å². The van der Waals surface area contributed by atoms with Crippen LogP contribution in [0.2, 0.25) is 0 Å². The lowest BCUT2D eigenvalue weighted by Crippen LogP contribution is -2.14. The molecule has 1 amide bonds. The van der Waals surface area contributed by atoms with Crippen molar-refractivity contribution >= 4 is 22.9 Å². The van der Waals surface area contributed by atoms with Crippen LogP contribution in [-0.2, 0) is 4.79 Å². The fraction of sp³-hybridized carbons (Fsp3) is 0.133. The van der Waals surface area contributed by atoms with Gasteiger partial charge in [0, 0.05) is 17.3 Å². The Bertz CT molecular complexity index is 800. The Labute approximate surface area is 126 Å².